The Hall–Kier alpha value is -1.86. The Bertz CT molecular complexity index is 521. The van der Waals surface area contributed by atoms with Gasteiger partial charge in [0.2, 0.25) is 0 Å². The summed E-state index contributed by atoms with van der Waals surface area (Å²) < 4.78 is 4.62. The molecule has 5 N–H and O–H groups in total. The fourth-order valence-corrected chi connectivity index (χ4v) is 1.44. The highest BCUT2D eigenvalue weighted by Crippen LogP contribution is 2.27. The first kappa shape index (κ1) is 11.6. The molecule has 7 heteroatoms. The van der Waals surface area contributed by atoms with Crippen molar-refractivity contribution in [1.29, 1.82) is 0 Å². The third-order valence-corrected chi connectivity index (χ3v) is 2.58. The van der Waals surface area contributed by atoms with Crippen molar-refractivity contribution in [1.82, 2.24) is 10.3 Å². The van der Waals surface area contributed by atoms with Gasteiger partial charge in [-0.25, -0.2) is 4.63 Å². The number of nitrogens with two attached hydrogens (primary N) is 1. The third kappa shape index (κ3) is 2.02. The number of hydrogen-bond donors (Lipinski definition) is 4. The van der Waals surface area contributed by atoms with Crippen molar-refractivity contribution in [2.24, 2.45) is 0 Å². The van der Waals surface area contributed by atoms with Gasteiger partial charge >= 0.3 is 0 Å². The molecule has 0 saturated heterocycles. The molecular formula is C10H14N4O3. The lowest BCUT2D eigenvalue weighted by molar-refractivity contribution is 0.147. The molecule has 0 amide bonds. The maximum absolute atomic E-state index is 9.22. The first-order chi connectivity index (χ1) is 8.09. The topological polar surface area (TPSA) is 117 Å². The van der Waals surface area contributed by atoms with Crippen LogP contribution in [0.15, 0.2) is 16.8 Å². The molecule has 7 nitrogen and oxygen atoms in total. The Morgan fingerprint density at radius 1 is 1.29 bits per heavy atom. The molecule has 0 spiro atoms. The predicted molar refractivity (Wildman–Crippen MR) is 62.4 cm³/mol. The molecule has 17 heavy (non-hydrogen) atoms. The quantitative estimate of drug-likeness (QED) is 0.552. The number of aliphatic hydroxyl groups excluding tert-OH is 2. The van der Waals surface area contributed by atoms with Crippen molar-refractivity contribution in [3.05, 3.63) is 12.1 Å². The van der Waals surface area contributed by atoms with E-state index in [4.69, 9.17) is 5.73 Å². The Morgan fingerprint density at radius 3 is 2.59 bits per heavy atom. The normalized spacial score (nSPS) is 11.9. The Labute approximate surface area is 97.2 Å². The van der Waals surface area contributed by atoms with E-state index in [2.05, 4.69) is 20.3 Å². The molecular weight excluding hydrogens is 224 g/mol. The minimum atomic E-state index is -0.845. The Morgan fingerprint density at radius 2 is 1.94 bits per heavy atom. The lowest BCUT2D eigenvalue weighted by atomic mass is 10.0. The van der Waals surface area contributed by atoms with Gasteiger partial charge in [-0.2, -0.15) is 0 Å². The van der Waals surface area contributed by atoms with E-state index < -0.39 is 5.54 Å². The van der Waals surface area contributed by atoms with E-state index in [9.17, 15) is 10.2 Å². The van der Waals surface area contributed by atoms with Gasteiger partial charge < -0.3 is 21.3 Å². The van der Waals surface area contributed by atoms with Crippen molar-refractivity contribution in [2.75, 3.05) is 24.3 Å². The van der Waals surface area contributed by atoms with Crippen LogP contribution in [0.4, 0.5) is 11.4 Å². The highest BCUT2D eigenvalue weighted by atomic mass is 16.6. The molecule has 0 atom stereocenters. The number of aliphatic hydroxyl groups is 2. The van der Waals surface area contributed by atoms with Gasteiger partial charge in [0.15, 0.2) is 11.0 Å². The van der Waals surface area contributed by atoms with Crippen LogP contribution in [0, 0.1) is 0 Å². The van der Waals surface area contributed by atoms with Gasteiger partial charge in [-0.05, 0) is 29.4 Å². The van der Waals surface area contributed by atoms with Crippen molar-refractivity contribution in [2.45, 2.75) is 12.5 Å². The Kier molecular flexibility index (Phi) is 2.86. The van der Waals surface area contributed by atoms with Gasteiger partial charge in [0.1, 0.15) is 0 Å². The molecule has 0 saturated carbocycles. The summed E-state index contributed by atoms with van der Waals surface area (Å²) >= 11 is 0. The van der Waals surface area contributed by atoms with E-state index >= 15 is 0 Å². The number of rotatable bonds is 4. The van der Waals surface area contributed by atoms with E-state index in [1.54, 1.807) is 19.1 Å². The van der Waals surface area contributed by atoms with E-state index in [0.29, 0.717) is 22.4 Å². The maximum atomic E-state index is 9.22. The number of hydrogen-bond acceptors (Lipinski definition) is 7. The molecule has 0 fully saturated rings. The standard InChI is InChI=1S/C10H14N4O3/c1-10(4-15,5-16)12-7-3-2-6(11)8-9(7)14-17-13-8/h2-3,12,15-16H,4-5,11H2,1H3. The molecule has 92 valence electrons. The van der Waals surface area contributed by atoms with Gasteiger partial charge in [0.05, 0.1) is 30.1 Å². The second-order valence-corrected chi connectivity index (χ2v) is 4.17. The molecule has 1 aromatic carbocycles. The summed E-state index contributed by atoms with van der Waals surface area (Å²) in [6.07, 6.45) is 0. The average molecular weight is 238 g/mol. The molecule has 0 radical (unpaired) electrons. The summed E-state index contributed by atoms with van der Waals surface area (Å²) in [4.78, 5) is 0. The smallest absolute Gasteiger partial charge is 0.160 e. The van der Waals surface area contributed by atoms with E-state index in [0.717, 1.165) is 0 Å². The zero-order chi connectivity index (χ0) is 12.5. The van der Waals surface area contributed by atoms with Crippen LogP contribution in [0.1, 0.15) is 6.92 Å². The van der Waals surface area contributed by atoms with Crippen LogP contribution in [0.2, 0.25) is 0 Å². The SMILES string of the molecule is CC(CO)(CO)Nc1ccc(N)c2nonc12. The molecule has 2 rings (SSSR count). The first-order valence-corrected chi connectivity index (χ1v) is 5.10. The van der Waals surface area contributed by atoms with Gasteiger partial charge in [-0.15, -0.1) is 0 Å². The lowest BCUT2D eigenvalue weighted by Crippen LogP contribution is -2.42. The molecule has 0 aliphatic heterocycles. The summed E-state index contributed by atoms with van der Waals surface area (Å²) in [5.74, 6) is 0. The van der Waals surface area contributed by atoms with Crippen LogP contribution < -0.4 is 11.1 Å². The fourth-order valence-electron chi connectivity index (χ4n) is 1.44. The van der Waals surface area contributed by atoms with Crippen LogP contribution in [-0.4, -0.2) is 39.3 Å². The molecule has 0 bridgehead atoms. The number of anilines is 2. The summed E-state index contributed by atoms with van der Waals surface area (Å²) in [6.45, 7) is 1.24. The summed E-state index contributed by atoms with van der Waals surface area (Å²) in [5, 5.41) is 28.9. The molecule has 2 aromatic rings. The van der Waals surface area contributed by atoms with E-state index in [1.165, 1.54) is 0 Å². The monoisotopic (exact) mass is 238 g/mol. The van der Waals surface area contributed by atoms with E-state index in [-0.39, 0.29) is 13.2 Å². The lowest BCUT2D eigenvalue weighted by Gasteiger charge is -2.27. The van der Waals surface area contributed by atoms with Crippen molar-refractivity contribution in [3.63, 3.8) is 0 Å². The number of nitrogens with one attached hydrogen (secondary N) is 1. The molecule has 1 aromatic heterocycles. The summed E-state index contributed by atoms with van der Waals surface area (Å²) in [5.41, 5.74) is 6.84. The number of aromatic nitrogens is 2. The van der Waals surface area contributed by atoms with Crippen molar-refractivity contribution >= 4 is 22.4 Å². The van der Waals surface area contributed by atoms with Gasteiger partial charge in [0.25, 0.3) is 0 Å². The van der Waals surface area contributed by atoms with Gasteiger partial charge in [-0.3, -0.25) is 0 Å². The van der Waals surface area contributed by atoms with Crippen LogP contribution >= 0.6 is 0 Å². The zero-order valence-corrected chi connectivity index (χ0v) is 9.34. The fraction of sp³-hybridized carbons (Fsp3) is 0.400. The Balaban J connectivity index is 2.43. The molecule has 1 heterocycles. The van der Waals surface area contributed by atoms with Crippen LogP contribution in [-0.2, 0) is 0 Å². The number of benzene rings is 1. The number of nitrogens with zero attached hydrogens (tertiary/aromatic N) is 2. The van der Waals surface area contributed by atoms with Crippen LogP contribution in [0.5, 0.6) is 0 Å². The summed E-state index contributed by atoms with van der Waals surface area (Å²) in [7, 11) is 0. The van der Waals surface area contributed by atoms with Crippen LogP contribution in [0.3, 0.4) is 0 Å². The third-order valence-electron chi connectivity index (χ3n) is 2.58. The van der Waals surface area contributed by atoms with Gasteiger partial charge in [0, 0.05) is 0 Å². The molecule has 0 aliphatic rings. The maximum Gasteiger partial charge on any atom is 0.160 e. The second kappa shape index (κ2) is 4.19. The largest absolute Gasteiger partial charge is 0.397 e. The molecule has 0 aliphatic carbocycles. The highest BCUT2D eigenvalue weighted by molar-refractivity contribution is 5.95. The number of fused-ring (bicyclic) bond motifs is 1. The minimum absolute atomic E-state index is 0.222. The minimum Gasteiger partial charge on any atom is -0.397 e. The molecule has 0 unspecified atom stereocenters. The second-order valence-electron chi connectivity index (χ2n) is 4.17. The summed E-state index contributed by atoms with van der Waals surface area (Å²) in [6, 6.07) is 3.36. The first-order valence-electron chi connectivity index (χ1n) is 5.10. The number of nitrogen functional groups attached to an aromatic ring is 1. The highest BCUT2D eigenvalue weighted by Gasteiger charge is 2.23. The van der Waals surface area contributed by atoms with Crippen LogP contribution in [0.25, 0.3) is 11.0 Å². The van der Waals surface area contributed by atoms with Gasteiger partial charge in [-0.1, -0.05) is 0 Å². The zero-order valence-electron chi connectivity index (χ0n) is 9.34. The average Bonchev–Trinajstić information content (AvgIpc) is 2.83. The van der Waals surface area contributed by atoms with Crippen molar-refractivity contribution in [3.8, 4) is 0 Å². The van der Waals surface area contributed by atoms with Crippen molar-refractivity contribution < 1.29 is 14.8 Å². The van der Waals surface area contributed by atoms with E-state index in [1.807, 2.05) is 0 Å². The predicted octanol–water partition coefficient (Wildman–Crippen LogP) is -0.0398.